The molecule has 0 saturated carbocycles. The lowest BCUT2D eigenvalue weighted by molar-refractivity contribution is 0.0136. The summed E-state index contributed by atoms with van der Waals surface area (Å²) in [6.45, 7) is 1.65. The molecule has 7 heteroatoms. The highest BCUT2D eigenvalue weighted by Crippen LogP contribution is 2.24. The van der Waals surface area contributed by atoms with Crippen LogP contribution in [-0.2, 0) is 11.3 Å². The van der Waals surface area contributed by atoms with Crippen molar-refractivity contribution in [1.82, 2.24) is 5.32 Å². The van der Waals surface area contributed by atoms with Crippen LogP contribution >= 0.6 is 11.6 Å². The van der Waals surface area contributed by atoms with Crippen molar-refractivity contribution in [2.75, 3.05) is 6.54 Å². The molecule has 3 N–H and O–H groups in total. The van der Waals surface area contributed by atoms with Gasteiger partial charge in [-0.05, 0) is 36.6 Å². The summed E-state index contributed by atoms with van der Waals surface area (Å²) in [5, 5.41) is 23.2. The van der Waals surface area contributed by atoms with Crippen molar-refractivity contribution in [3.63, 3.8) is 0 Å². The minimum Gasteiger partial charge on any atom is -0.445 e. The van der Waals surface area contributed by atoms with Gasteiger partial charge in [-0.3, -0.25) is 4.79 Å². The Morgan fingerprint density at radius 1 is 1.15 bits per heavy atom. The van der Waals surface area contributed by atoms with Gasteiger partial charge in [0.15, 0.2) is 5.78 Å². The molecule has 2 aromatic rings. The molecule has 0 radical (unpaired) electrons. The van der Waals surface area contributed by atoms with Gasteiger partial charge in [-0.15, -0.1) is 0 Å². The zero-order valence-corrected chi connectivity index (χ0v) is 15.6. The number of benzene rings is 2. The zero-order valence-electron chi connectivity index (χ0n) is 14.9. The SMILES string of the molecule is CC(=O)c1cc(C(O)C(O)CCNC(=O)OCc2ccccc2)ccc1Cl. The van der Waals surface area contributed by atoms with Crippen molar-refractivity contribution in [3.05, 3.63) is 70.2 Å². The summed E-state index contributed by atoms with van der Waals surface area (Å²) in [7, 11) is 0. The molecule has 0 aliphatic carbocycles. The third kappa shape index (κ3) is 6.36. The molecule has 0 aliphatic heterocycles. The molecule has 0 saturated heterocycles. The van der Waals surface area contributed by atoms with Crippen LogP contribution in [-0.4, -0.2) is 34.7 Å². The molecule has 0 fully saturated rings. The lowest BCUT2D eigenvalue weighted by Gasteiger charge is -2.19. The topological polar surface area (TPSA) is 95.9 Å². The van der Waals surface area contributed by atoms with Gasteiger partial charge in [0, 0.05) is 12.1 Å². The number of hydrogen-bond acceptors (Lipinski definition) is 5. The van der Waals surface area contributed by atoms with Gasteiger partial charge in [0.1, 0.15) is 12.7 Å². The fourth-order valence-electron chi connectivity index (χ4n) is 2.47. The molecular weight excluding hydrogens is 370 g/mol. The van der Waals surface area contributed by atoms with E-state index in [1.165, 1.54) is 19.1 Å². The van der Waals surface area contributed by atoms with Crippen LogP contribution < -0.4 is 5.32 Å². The molecular formula is C20H22ClNO5. The van der Waals surface area contributed by atoms with E-state index >= 15 is 0 Å². The number of aliphatic hydroxyl groups excluding tert-OH is 2. The molecule has 2 unspecified atom stereocenters. The monoisotopic (exact) mass is 391 g/mol. The van der Waals surface area contributed by atoms with Crippen molar-refractivity contribution in [2.24, 2.45) is 0 Å². The largest absolute Gasteiger partial charge is 0.445 e. The minimum atomic E-state index is -1.21. The first-order chi connectivity index (χ1) is 12.9. The first-order valence-corrected chi connectivity index (χ1v) is 8.87. The Kier molecular flexibility index (Phi) is 7.79. The van der Waals surface area contributed by atoms with Gasteiger partial charge in [-0.1, -0.05) is 48.0 Å². The predicted molar refractivity (Wildman–Crippen MR) is 102 cm³/mol. The quantitative estimate of drug-likeness (QED) is 0.600. The van der Waals surface area contributed by atoms with Crippen LogP contribution in [0, 0.1) is 0 Å². The second-order valence-electron chi connectivity index (χ2n) is 6.08. The van der Waals surface area contributed by atoms with E-state index in [1.807, 2.05) is 30.3 Å². The van der Waals surface area contributed by atoms with Crippen LogP contribution in [0.15, 0.2) is 48.5 Å². The molecule has 0 bridgehead atoms. The van der Waals surface area contributed by atoms with Gasteiger partial charge in [0.2, 0.25) is 0 Å². The number of amides is 1. The Balaban J connectivity index is 1.79. The highest BCUT2D eigenvalue weighted by molar-refractivity contribution is 6.33. The number of carbonyl (C=O) groups is 2. The molecule has 0 spiro atoms. The normalized spacial score (nSPS) is 12.9. The van der Waals surface area contributed by atoms with Gasteiger partial charge in [-0.2, -0.15) is 0 Å². The number of Topliss-reactive ketones (excluding diaryl/α,β-unsaturated/α-hetero) is 1. The van der Waals surface area contributed by atoms with Crippen LogP contribution in [0.2, 0.25) is 5.02 Å². The van der Waals surface area contributed by atoms with Gasteiger partial charge >= 0.3 is 6.09 Å². The van der Waals surface area contributed by atoms with Gasteiger partial charge in [0.25, 0.3) is 0 Å². The number of halogens is 1. The van der Waals surface area contributed by atoms with E-state index in [0.29, 0.717) is 5.56 Å². The summed E-state index contributed by atoms with van der Waals surface area (Å²) in [6, 6.07) is 13.8. The molecule has 0 heterocycles. The van der Waals surface area contributed by atoms with Crippen molar-refractivity contribution in [1.29, 1.82) is 0 Å². The fourth-order valence-corrected chi connectivity index (χ4v) is 2.72. The van der Waals surface area contributed by atoms with E-state index in [0.717, 1.165) is 5.56 Å². The highest BCUT2D eigenvalue weighted by Gasteiger charge is 2.20. The van der Waals surface area contributed by atoms with Gasteiger partial charge in [-0.25, -0.2) is 4.79 Å². The Morgan fingerprint density at radius 2 is 1.85 bits per heavy atom. The summed E-state index contributed by atoms with van der Waals surface area (Å²) >= 11 is 5.94. The number of ether oxygens (including phenoxy) is 1. The first kappa shape index (κ1) is 20.9. The van der Waals surface area contributed by atoms with Crippen LogP contribution in [0.5, 0.6) is 0 Å². The summed E-state index contributed by atoms with van der Waals surface area (Å²) in [5.74, 6) is -0.230. The summed E-state index contributed by atoms with van der Waals surface area (Å²) in [4.78, 5) is 23.2. The average Bonchev–Trinajstić information content (AvgIpc) is 2.66. The van der Waals surface area contributed by atoms with Gasteiger partial charge < -0.3 is 20.3 Å². The number of rotatable bonds is 8. The number of alkyl carbamates (subject to hydrolysis) is 1. The third-order valence-electron chi connectivity index (χ3n) is 4.00. The molecule has 1 amide bonds. The van der Waals surface area contributed by atoms with Crippen molar-refractivity contribution >= 4 is 23.5 Å². The summed E-state index contributed by atoms with van der Waals surface area (Å²) in [5.41, 5.74) is 1.53. The van der Waals surface area contributed by atoms with E-state index in [2.05, 4.69) is 5.32 Å². The third-order valence-corrected chi connectivity index (χ3v) is 4.33. The molecule has 0 aliphatic rings. The van der Waals surface area contributed by atoms with E-state index in [1.54, 1.807) is 6.07 Å². The number of nitrogens with one attached hydrogen (secondary N) is 1. The summed E-state index contributed by atoms with van der Waals surface area (Å²) < 4.78 is 5.06. The molecule has 2 rings (SSSR count). The lowest BCUT2D eigenvalue weighted by Crippen LogP contribution is -2.29. The molecule has 2 atom stereocenters. The Hall–Kier alpha value is -2.41. The Labute approximate surface area is 162 Å². The maximum atomic E-state index is 11.7. The molecule has 144 valence electrons. The second kappa shape index (κ2) is 10.1. The van der Waals surface area contributed by atoms with Crippen LogP contribution in [0.4, 0.5) is 4.79 Å². The predicted octanol–water partition coefficient (Wildman–Crippen LogP) is 3.25. The van der Waals surface area contributed by atoms with Gasteiger partial charge in [0.05, 0.1) is 11.1 Å². The van der Waals surface area contributed by atoms with E-state index in [4.69, 9.17) is 16.3 Å². The Morgan fingerprint density at radius 3 is 2.52 bits per heavy atom. The van der Waals surface area contributed by atoms with E-state index in [9.17, 15) is 19.8 Å². The highest BCUT2D eigenvalue weighted by atomic mass is 35.5. The van der Waals surface area contributed by atoms with Crippen LogP contribution in [0.1, 0.15) is 40.9 Å². The molecule has 27 heavy (non-hydrogen) atoms. The zero-order chi connectivity index (χ0) is 19.8. The van der Waals surface area contributed by atoms with E-state index < -0.39 is 18.3 Å². The second-order valence-corrected chi connectivity index (χ2v) is 6.49. The van der Waals surface area contributed by atoms with Crippen molar-refractivity contribution < 1.29 is 24.5 Å². The first-order valence-electron chi connectivity index (χ1n) is 8.49. The number of aliphatic hydroxyl groups is 2. The minimum absolute atomic E-state index is 0.111. The maximum Gasteiger partial charge on any atom is 0.407 e. The number of ketones is 1. The standard InChI is InChI=1S/C20H22ClNO5/c1-13(23)16-11-15(7-8-17(16)21)19(25)18(24)9-10-22-20(26)27-12-14-5-3-2-4-6-14/h2-8,11,18-19,24-25H,9-10,12H2,1H3,(H,22,26). The maximum absolute atomic E-state index is 11.7. The molecule has 0 aromatic heterocycles. The smallest absolute Gasteiger partial charge is 0.407 e. The van der Waals surface area contributed by atoms with E-state index in [-0.39, 0.29) is 35.9 Å². The summed E-state index contributed by atoms with van der Waals surface area (Å²) in [6.07, 6.45) is -2.83. The fraction of sp³-hybridized carbons (Fsp3) is 0.300. The van der Waals surface area contributed by atoms with Crippen LogP contribution in [0.3, 0.4) is 0 Å². The van der Waals surface area contributed by atoms with Crippen LogP contribution in [0.25, 0.3) is 0 Å². The van der Waals surface area contributed by atoms with Crippen molar-refractivity contribution in [3.8, 4) is 0 Å². The lowest BCUT2D eigenvalue weighted by atomic mass is 9.99. The number of carbonyl (C=O) groups excluding carboxylic acids is 2. The molecule has 6 nitrogen and oxygen atoms in total. The average molecular weight is 392 g/mol. The molecule has 2 aromatic carbocycles. The Bertz CT molecular complexity index is 781. The van der Waals surface area contributed by atoms with Crippen molar-refractivity contribution in [2.45, 2.75) is 32.2 Å². The number of hydrogen-bond donors (Lipinski definition) is 3.